The molecule has 0 aromatic carbocycles. The van der Waals surface area contributed by atoms with Gasteiger partial charge in [-0.2, -0.15) is 0 Å². The molecule has 2 aromatic rings. The zero-order chi connectivity index (χ0) is 8.72. The first-order valence-corrected chi connectivity index (χ1v) is 5.55. The molecule has 2 nitrogen and oxygen atoms in total. The van der Waals surface area contributed by atoms with Crippen LogP contribution in [-0.4, -0.2) is 9.97 Å². The second-order valence-electron chi connectivity index (χ2n) is 2.27. The summed E-state index contributed by atoms with van der Waals surface area (Å²) in [4.78, 5) is 7.36. The average Bonchev–Trinajstić information content (AvgIpc) is 2.48. The highest BCUT2D eigenvalue weighted by atomic mass is 79.9. The van der Waals surface area contributed by atoms with Crippen molar-refractivity contribution < 1.29 is 0 Å². The van der Waals surface area contributed by atoms with Gasteiger partial charge >= 0.3 is 0 Å². The van der Waals surface area contributed by atoms with Crippen LogP contribution in [0.4, 0.5) is 0 Å². The largest absolute Gasteiger partial charge is 0.360 e. The van der Waals surface area contributed by atoms with Gasteiger partial charge in [-0.05, 0) is 53.9 Å². The van der Waals surface area contributed by atoms with E-state index in [4.69, 9.17) is 0 Å². The SMILES string of the molecule is Brc1nc(Br)c2cc[nH]c2c1Br. The van der Waals surface area contributed by atoms with Gasteiger partial charge in [0.1, 0.15) is 9.21 Å². The first kappa shape index (κ1) is 8.72. The molecule has 2 heterocycles. The monoisotopic (exact) mass is 352 g/mol. The Balaban J connectivity index is 2.97. The Bertz CT molecular complexity index is 435. The highest BCUT2D eigenvalue weighted by Gasteiger charge is 2.08. The molecule has 0 aliphatic rings. The summed E-state index contributed by atoms with van der Waals surface area (Å²) in [6.07, 6.45) is 1.88. The van der Waals surface area contributed by atoms with Gasteiger partial charge in [-0.25, -0.2) is 4.98 Å². The molecule has 0 radical (unpaired) electrons. The number of halogens is 3. The quantitative estimate of drug-likeness (QED) is 0.715. The zero-order valence-electron chi connectivity index (χ0n) is 5.74. The Morgan fingerprint density at radius 1 is 1.17 bits per heavy atom. The van der Waals surface area contributed by atoms with E-state index in [1.54, 1.807) is 0 Å². The standard InChI is InChI=1S/C7H3Br3N2/c8-4-5-3(1-2-11-5)6(9)12-7(4)10/h1-2,11H. The maximum absolute atomic E-state index is 4.24. The maximum Gasteiger partial charge on any atom is 0.123 e. The van der Waals surface area contributed by atoms with Gasteiger partial charge in [0.15, 0.2) is 0 Å². The van der Waals surface area contributed by atoms with Crippen LogP contribution >= 0.6 is 47.8 Å². The molecule has 0 spiro atoms. The van der Waals surface area contributed by atoms with E-state index >= 15 is 0 Å². The van der Waals surface area contributed by atoms with Crippen molar-refractivity contribution in [2.45, 2.75) is 0 Å². The second kappa shape index (κ2) is 3.12. The van der Waals surface area contributed by atoms with Crippen LogP contribution in [0.2, 0.25) is 0 Å². The van der Waals surface area contributed by atoms with Crippen LogP contribution in [-0.2, 0) is 0 Å². The van der Waals surface area contributed by atoms with Crippen molar-refractivity contribution in [2.75, 3.05) is 0 Å². The van der Waals surface area contributed by atoms with E-state index in [0.29, 0.717) is 0 Å². The van der Waals surface area contributed by atoms with Crippen molar-refractivity contribution in [3.05, 3.63) is 25.9 Å². The van der Waals surface area contributed by atoms with E-state index in [-0.39, 0.29) is 0 Å². The van der Waals surface area contributed by atoms with Crippen LogP contribution < -0.4 is 0 Å². The van der Waals surface area contributed by atoms with E-state index in [2.05, 4.69) is 57.8 Å². The molecule has 0 aliphatic carbocycles. The van der Waals surface area contributed by atoms with Gasteiger partial charge in [-0.15, -0.1) is 0 Å². The third-order valence-corrected chi connectivity index (χ3v) is 4.05. The van der Waals surface area contributed by atoms with Crippen LogP contribution in [0.3, 0.4) is 0 Å². The lowest BCUT2D eigenvalue weighted by Gasteiger charge is -1.99. The second-order valence-corrected chi connectivity index (χ2v) is 4.57. The maximum atomic E-state index is 4.24. The number of hydrogen-bond acceptors (Lipinski definition) is 1. The number of rotatable bonds is 0. The molecule has 0 bridgehead atoms. The minimum absolute atomic E-state index is 0.796. The van der Waals surface area contributed by atoms with Gasteiger partial charge in [0.05, 0.1) is 9.99 Å². The molecule has 0 saturated carbocycles. The summed E-state index contributed by atoms with van der Waals surface area (Å²) >= 11 is 10.2. The molecule has 0 unspecified atom stereocenters. The third kappa shape index (κ3) is 1.24. The van der Waals surface area contributed by atoms with Gasteiger partial charge in [-0.1, -0.05) is 0 Å². The smallest absolute Gasteiger partial charge is 0.123 e. The molecule has 0 atom stereocenters. The number of aromatic nitrogens is 2. The molecule has 1 N–H and O–H groups in total. The number of aromatic amines is 1. The zero-order valence-corrected chi connectivity index (χ0v) is 10.5. The Labute approximate surface area is 94.1 Å². The molecular formula is C7H3Br3N2. The topological polar surface area (TPSA) is 28.7 Å². The highest BCUT2D eigenvalue weighted by molar-refractivity contribution is 9.13. The molecular weight excluding hydrogens is 352 g/mol. The van der Waals surface area contributed by atoms with E-state index in [1.165, 1.54) is 0 Å². The molecule has 0 amide bonds. The minimum Gasteiger partial charge on any atom is -0.360 e. The number of pyridine rings is 1. The molecule has 0 fully saturated rings. The average molecular weight is 355 g/mol. The van der Waals surface area contributed by atoms with Crippen LogP contribution in [0.5, 0.6) is 0 Å². The molecule has 2 aromatic heterocycles. The molecule has 12 heavy (non-hydrogen) atoms. The van der Waals surface area contributed by atoms with Crippen LogP contribution in [0.1, 0.15) is 0 Å². The summed E-state index contributed by atoms with van der Waals surface area (Å²) in [5, 5.41) is 1.07. The summed E-state index contributed by atoms with van der Waals surface area (Å²) in [5.74, 6) is 0. The van der Waals surface area contributed by atoms with Crippen molar-refractivity contribution in [3.8, 4) is 0 Å². The normalized spacial score (nSPS) is 10.9. The fourth-order valence-corrected chi connectivity index (χ4v) is 2.56. The number of fused-ring (bicyclic) bond motifs is 1. The van der Waals surface area contributed by atoms with E-state index in [9.17, 15) is 0 Å². The lowest BCUT2D eigenvalue weighted by atomic mass is 10.3. The van der Waals surface area contributed by atoms with Crippen LogP contribution in [0, 0.1) is 0 Å². The number of hydrogen-bond donors (Lipinski definition) is 1. The van der Waals surface area contributed by atoms with Gasteiger partial charge in [0.25, 0.3) is 0 Å². The Morgan fingerprint density at radius 2 is 1.92 bits per heavy atom. The number of H-pyrrole nitrogens is 1. The van der Waals surface area contributed by atoms with E-state index in [1.807, 2.05) is 12.3 Å². The van der Waals surface area contributed by atoms with Gasteiger partial charge < -0.3 is 4.98 Å². The molecule has 0 saturated heterocycles. The Kier molecular flexibility index (Phi) is 2.27. The van der Waals surface area contributed by atoms with Gasteiger partial charge in [-0.3, -0.25) is 0 Å². The van der Waals surface area contributed by atoms with Crippen molar-refractivity contribution in [3.63, 3.8) is 0 Å². The third-order valence-electron chi connectivity index (χ3n) is 1.57. The minimum atomic E-state index is 0.796. The fourth-order valence-electron chi connectivity index (χ4n) is 1.02. The Morgan fingerprint density at radius 3 is 2.67 bits per heavy atom. The van der Waals surface area contributed by atoms with Crippen LogP contribution in [0.15, 0.2) is 25.9 Å². The van der Waals surface area contributed by atoms with Gasteiger partial charge in [0, 0.05) is 11.6 Å². The number of nitrogens with one attached hydrogen (secondary N) is 1. The fraction of sp³-hybridized carbons (Fsp3) is 0. The lowest BCUT2D eigenvalue weighted by Crippen LogP contribution is -1.81. The molecule has 2 rings (SSSR count). The van der Waals surface area contributed by atoms with Gasteiger partial charge in [0.2, 0.25) is 0 Å². The summed E-state index contributed by atoms with van der Waals surface area (Å²) in [5.41, 5.74) is 1.05. The van der Waals surface area contributed by atoms with Crippen LogP contribution in [0.25, 0.3) is 10.9 Å². The summed E-state index contributed by atoms with van der Waals surface area (Å²) < 4.78 is 2.59. The van der Waals surface area contributed by atoms with Crippen molar-refractivity contribution in [1.82, 2.24) is 9.97 Å². The first-order valence-electron chi connectivity index (χ1n) is 3.17. The molecule has 62 valence electrons. The molecule has 5 heteroatoms. The predicted octanol–water partition coefficient (Wildman–Crippen LogP) is 3.85. The van der Waals surface area contributed by atoms with E-state index < -0.39 is 0 Å². The predicted molar refractivity (Wildman–Crippen MR) is 59.2 cm³/mol. The Hall–Kier alpha value is 0.130. The number of nitrogens with zero attached hydrogens (tertiary/aromatic N) is 1. The molecule has 0 aliphatic heterocycles. The highest BCUT2D eigenvalue weighted by Crippen LogP contribution is 2.32. The van der Waals surface area contributed by atoms with Crippen molar-refractivity contribution in [2.24, 2.45) is 0 Å². The summed E-state index contributed by atoms with van der Waals surface area (Å²) in [6, 6.07) is 1.98. The summed E-state index contributed by atoms with van der Waals surface area (Å²) in [7, 11) is 0. The van der Waals surface area contributed by atoms with E-state index in [0.717, 1.165) is 24.6 Å². The first-order chi connectivity index (χ1) is 5.70. The summed E-state index contributed by atoms with van der Waals surface area (Å²) in [6.45, 7) is 0. The van der Waals surface area contributed by atoms with Crippen molar-refractivity contribution in [1.29, 1.82) is 0 Å². The lowest BCUT2D eigenvalue weighted by molar-refractivity contribution is 1.24. The van der Waals surface area contributed by atoms with Crippen molar-refractivity contribution >= 4 is 58.7 Å².